The minimum Gasteiger partial charge on any atom is -0.312 e. The summed E-state index contributed by atoms with van der Waals surface area (Å²) in [5, 5.41) is 3.82. The van der Waals surface area contributed by atoms with E-state index in [4.69, 9.17) is 11.6 Å². The number of benzene rings is 1. The molecule has 1 nitrogen and oxygen atoms in total. The van der Waals surface area contributed by atoms with E-state index in [2.05, 4.69) is 33.0 Å². The Balaban J connectivity index is 2.55. The van der Waals surface area contributed by atoms with Crippen LogP contribution < -0.4 is 5.32 Å². The number of hydrogen-bond acceptors (Lipinski definition) is 1. The maximum atomic E-state index is 13.6. The van der Waals surface area contributed by atoms with Crippen LogP contribution in [0.3, 0.4) is 0 Å². The molecule has 0 aliphatic heterocycles. The average Bonchev–Trinajstić information content (AvgIpc) is 2.26. The summed E-state index contributed by atoms with van der Waals surface area (Å²) in [7, 11) is 0. The lowest BCUT2D eigenvalue weighted by molar-refractivity contribution is 0.275. The second-order valence-electron chi connectivity index (χ2n) is 5.48. The maximum Gasteiger partial charge on any atom is 0.129 e. The molecule has 1 rings (SSSR count). The van der Waals surface area contributed by atoms with Gasteiger partial charge in [-0.1, -0.05) is 45.4 Å². The molecule has 0 radical (unpaired) electrons. The molecule has 0 aliphatic carbocycles. The molecule has 0 fully saturated rings. The van der Waals surface area contributed by atoms with Crippen molar-refractivity contribution in [2.75, 3.05) is 6.54 Å². The summed E-state index contributed by atoms with van der Waals surface area (Å²) in [5.74, 6) is 1.60. The standard InChI is InChI=1S/C15H23ClFN/c1-10(2)12(11(3)4)8-18-9-13-14(16)6-5-7-15(13)17/h5-7,10-12,18H,8-9H2,1-4H3. The molecule has 102 valence electrons. The lowest BCUT2D eigenvalue weighted by atomic mass is 9.85. The highest BCUT2D eigenvalue weighted by Gasteiger charge is 2.17. The first kappa shape index (κ1) is 15.5. The molecule has 0 aliphatic rings. The summed E-state index contributed by atoms with van der Waals surface area (Å²) in [6, 6.07) is 4.81. The van der Waals surface area contributed by atoms with E-state index in [0.717, 1.165) is 6.54 Å². The van der Waals surface area contributed by atoms with Gasteiger partial charge in [0.25, 0.3) is 0 Å². The largest absolute Gasteiger partial charge is 0.312 e. The molecule has 0 amide bonds. The van der Waals surface area contributed by atoms with Crippen molar-refractivity contribution in [2.24, 2.45) is 17.8 Å². The predicted octanol–water partition coefficient (Wildman–Crippen LogP) is 4.50. The molecule has 0 heterocycles. The van der Waals surface area contributed by atoms with Gasteiger partial charge in [-0.2, -0.15) is 0 Å². The van der Waals surface area contributed by atoms with Gasteiger partial charge >= 0.3 is 0 Å². The Morgan fingerprint density at radius 3 is 2.28 bits per heavy atom. The van der Waals surface area contributed by atoms with Crippen LogP contribution in [-0.4, -0.2) is 6.54 Å². The van der Waals surface area contributed by atoms with Crippen molar-refractivity contribution in [3.8, 4) is 0 Å². The second kappa shape index (κ2) is 7.10. The summed E-state index contributed by atoms with van der Waals surface area (Å²) in [6.07, 6.45) is 0. The third-order valence-electron chi connectivity index (χ3n) is 3.46. The Kier molecular flexibility index (Phi) is 6.10. The Labute approximate surface area is 115 Å². The zero-order valence-electron chi connectivity index (χ0n) is 11.6. The molecule has 3 heteroatoms. The van der Waals surface area contributed by atoms with Crippen molar-refractivity contribution in [3.63, 3.8) is 0 Å². The minimum absolute atomic E-state index is 0.236. The third kappa shape index (κ3) is 4.25. The Hall–Kier alpha value is -0.600. The molecule has 18 heavy (non-hydrogen) atoms. The van der Waals surface area contributed by atoms with Gasteiger partial charge in [0.15, 0.2) is 0 Å². The monoisotopic (exact) mass is 271 g/mol. The number of halogens is 2. The topological polar surface area (TPSA) is 12.0 Å². The first-order chi connectivity index (χ1) is 8.43. The van der Waals surface area contributed by atoms with Gasteiger partial charge in [-0.15, -0.1) is 0 Å². The van der Waals surface area contributed by atoms with E-state index >= 15 is 0 Å². The van der Waals surface area contributed by atoms with Crippen LogP contribution in [-0.2, 0) is 6.54 Å². The quantitative estimate of drug-likeness (QED) is 0.803. The van der Waals surface area contributed by atoms with Gasteiger partial charge in [0, 0.05) is 17.1 Å². The van der Waals surface area contributed by atoms with Crippen LogP contribution >= 0.6 is 11.6 Å². The van der Waals surface area contributed by atoms with Gasteiger partial charge in [0.2, 0.25) is 0 Å². The lowest BCUT2D eigenvalue weighted by Gasteiger charge is -2.25. The van der Waals surface area contributed by atoms with Crippen LogP contribution in [0.2, 0.25) is 5.02 Å². The second-order valence-corrected chi connectivity index (χ2v) is 5.89. The van der Waals surface area contributed by atoms with Gasteiger partial charge in [-0.25, -0.2) is 4.39 Å². The molecule has 0 atom stereocenters. The van der Waals surface area contributed by atoms with Crippen molar-refractivity contribution in [1.29, 1.82) is 0 Å². The summed E-state index contributed by atoms with van der Waals surface area (Å²) in [4.78, 5) is 0. The Bertz CT molecular complexity index is 349. The molecule has 1 aromatic carbocycles. The van der Waals surface area contributed by atoms with Crippen LogP contribution in [0.1, 0.15) is 33.3 Å². The lowest BCUT2D eigenvalue weighted by Crippen LogP contribution is -2.29. The van der Waals surface area contributed by atoms with Gasteiger partial charge in [0.05, 0.1) is 0 Å². The molecular weight excluding hydrogens is 249 g/mol. The number of nitrogens with one attached hydrogen (secondary N) is 1. The third-order valence-corrected chi connectivity index (χ3v) is 3.81. The highest BCUT2D eigenvalue weighted by Crippen LogP contribution is 2.21. The van der Waals surface area contributed by atoms with E-state index in [-0.39, 0.29) is 5.82 Å². The maximum absolute atomic E-state index is 13.6. The normalized spacial score (nSPS) is 11.8. The minimum atomic E-state index is -0.236. The molecule has 0 aromatic heterocycles. The van der Waals surface area contributed by atoms with E-state index in [1.54, 1.807) is 12.1 Å². The first-order valence-electron chi connectivity index (χ1n) is 6.57. The molecular formula is C15H23ClFN. The number of hydrogen-bond donors (Lipinski definition) is 1. The molecule has 0 saturated heterocycles. The highest BCUT2D eigenvalue weighted by molar-refractivity contribution is 6.31. The van der Waals surface area contributed by atoms with E-state index < -0.39 is 0 Å². The zero-order chi connectivity index (χ0) is 13.7. The van der Waals surface area contributed by atoms with Crippen molar-refractivity contribution in [2.45, 2.75) is 34.2 Å². The molecule has 0 spiro atoms. The van der Waals surface area contributed by atoms with Crippen LogP contribution in [0.15, 0.2) is 18.2 Å². The Morgan fingerprint density at radius 1 is 1.17 bits per heavy atom. The molecule has 0 saturated carbocycles. The first-order valence-corrected chi connectivity index (χ1v) is 6.94. The van der Waals surface area contributed by atoms with Gasteiger partial charge in [-0.05, 0) is 36.4 Å². The summed E-state index contributed by atoms with van der Waals surface area (Å²) in [6.45, 7) is 10.3. The van der Waals surface area contributed by atoms with Gasteiger partial charge < -0.3 is 5.32 Å². The van der Waals surface area contributed by atoms with Crippen molar-refractivity contribution in [1.82, 2.24) is 5.32 Å². The van der Waals surface area contributed by atoms with E-state index in [9.17, 15) is 4.39 Å². The molecule has 0 unspecified atom stereocenters. The fraction of sp³-hybridized carbons (Fsp3) is 0.600. The average molecular weight is 272 g/mol. The van der Waals surface area contributed by atoms with Crippen molar-refractivity contribution < 1.29 is 4.39 Å². The summed E-state index contributed by atoms with van der Waals surface area (Å²) < 4.78 is 13.6. The van der Waals surface area contributed by atoms with Gasteiger partial charge in [0.1, 0.15) is 5.82 Å². The summed E-state index contributed by atoms with van der Waals surface area (Å²) in [5.41, 5.74) is 0.561. The van der Waals surface area contributed by atoms with Crippen LogP contribution in [0.25, 0.3) is 0 Å². The van der Waals surface area contributed by atoms with E-state index in [1.165, 1.54) is 6.07 Å². The van der Waals surface area contributed by atoms with Crippen LogP contribution in [0, 0.1) is 23.6 Å². The van der Waals surface area contributed by atoms with E-state index in [1.807, 2.05) is 0 Å². The SMILES string of the molecule is CC(C)C(CNCc1c(F)cccc1Cl)C(C)C. The number of rotatable bonds is 6. The smallest absolute Gasteiger partial charge is 0.129 e. The van der Waals surface area contributed by atoms with Crippen molar-refractivity contribution in [3.05, 3.63) is 34.6 Å². The molecule has 0 bridgehead atoms. The molecule has 1 aromatic rings. The van der Waals surface area contributed by atoms with Crippen molar-refractivity contribution >= 4 is 11.6 Å². The highest BCUT2D eigenvalue weighted by atomic mass is 35.5. The fourth-order valence-corrected chi connectivity index (χ4v) is 2.54. The Morgan fingerprint density at radius 2 is 1.78 bits per heavy atom. The van der Waals surface area contributed by atoms with Gasteiger partial charge in [-0.3, -0.25) is 0 Å². The zero-order valence-corrected chi connectivity index (χ0v) is 12.4. The summed E-state index contributed by atoms with van der Waals surface area (Å²) >= 11 is 5.99. The fourth-order valence-electron chi connectivity index (χ4n) is 2.31. The van der Waals surface area contributed by atoms with Crippen LogP contribution in [0.4, 0.5) is 4.39 Å². The van der Waals surface area contributed by atoms with Crippen LogP contribution in [0.5, 0.6) is 0 Å². The van der Waals surface area contributed by atoms with E-state index in [0.29, 0.717) is 34.9 Å². The predicted molar refractivity (Wildman–Crippen MR) is 76.3 cm³/mol. The molecule has 1 N–H and O–H groups in total.